The molecule has 5 unspecified atom stereocenters. The van der Waals surface area contributed by atoms with E-state index in [-0.39, 0.29) is 45.8 Å². The second-order valence-electron chi connectivity index (χ2n) is 9.03. The molecular formula is C26H28O11. The zero-order valence-electron chi connectivity index (χ0n) is 20.0. The molecule has 1 fully saturated rings. The van der Waals surface area contributed by atoms with Crippen LogP contribution in [0.4, 0.5) is 0 Å². The molecule has 1 saturated heterocycles. The Morgan fingerprint density at radius 1 is 1.03 bits per heavy atom. The van der Waals surface area contributed by atoms with Gasteiger partial charge in [-0.2, -0.15) is 0 Å². The van der Waals surface area contributed by atoms with Gasteiger partial charge >= 0.3 is 0 Å². The van der Waals surface area contributed by atoms with Gasteiger partial charge in [0.25, 0.3) is 0 Å². The minimum absolute atomic E-state index is 0.0384. The van der Waals surface area contributed by atoms with Crippen molar-refractivity contribution in [2.24, 2.45) is 0 Å². The van der Waals surface area contributed by atoms with Crippen molar-refractivity contribution in [2.45, 2.75) is 51.0 Å². The topological polar surface area (TPSA) is 190 Å². The number of aromatic hydroxyl groups is 3. The highest BCUT2D eigenvalue weighted by molar-refractivity contribution is 5.91. The number of phenolic OH excluding ortho intramolecular Hbond substituents is 2. The summed E-state index contributed by atoms with van der Waals surface area (Å²) in [7, 11) is 0. The molecule has 1 aliphatic heterocycles. The zero-order valence-corrected chi connectivity index (χ0v) is 20.0. The van der Waals surface area contributed by atoms with E-state index in [1.165, 1.54) is 24.3 Å². The summed E-state index contributed by atoms with van der Waals surface area (Å²) in [6.07, 6.45) is -5.86. The molecule has 0 amide bonds. The Morgan fingerprint density at radius 3 is 2.32 bits per heavy atom. The summed E-state index contributed by atoms with van der Waals surface area (Å²) in [6.45, 7) is 3.01. The molecule has 0 spiro atoms. The van der Waals surface area contributed by atoms with Crippen LogP contribution < -0.4 is 10.2 Å². The summed E-state index contributed by atoms with van der Waals surface area (Å²) in [4.78, 5) is 13.1. The van der Waals surface area contributed by atoms with Gasteiger partial charge in [0.15, 0.2) is 5.76 Å². The summed E-state index contributed by atoms with van der Waals surface area (Å²) in [5.74, 6) is -1.65. The average Bonchev–Trinajstić information content (AvgIpc) is 2.86. The molecule has 1 aromatic heterocycles. The molecular weight excluding hydrogens is 488 g/mol. The van der Waals surface area contributed by atoms with Gasteiger partial charge in [0.2, 0.25) is 17.5 Å². The van der Waals surface area contributed by atoms with Gasteiger partial charge in [0.1, 0.15) is 52.6 Å². The highest BCUT2D eigenvalue weighted by Crippen LogP contribution is 2.40. The molecule has 0 radical (unpaired) electrons. The van der Waals surface area contributed by atoms with Gasteiger partial charge in [-0.05, 0) is 44.5 Å². The predicted octanol–water partition coefficient (Wildman–Crippen LogP) is 1.26. The maximum Gasteiger partial charge on any atom is 0.238 e. The normalized spacial score (nSPS) is 23.7. The van der Waals surface area contributed by atoms with Crippen LogP contribution in [-0.4, -0.2) is 73.1 Å². The van der Waals surface area contributed by atoms with Crippen LogP contribution in [-0.2, 0) is 11.2 Å². The van der Waals surface area contributed by atoms with E-state index in [0.717, 1.165) is 11.6 Å². The van der Waals surface area contributed by atoms with Gasteiger partial charge in [-0.3, -0.25) is 4.79 Å². The molecule has 1 aliphatic rings. The van der Waals surface area contributed by atoms with Crippen molar-refractivity contribution < 1.29 is 49.6 Å². The van der Waals surface area contributed by atoms with Crippen molar-refractivity contribution in [3.05, 3.63) is 57.8 Å². The molecule has 11 nitrogen and oxygen atoms in total. The molecule has 4 rings (SSSR count). The number of allylic oxidation sites excluding steroid dienone is 2. The maximum absolute atomic E-state index is 13.1. The third-order valence-electron chi connectivity index (χ3n) is 6.12. The Kier molecular flexibility index (Phi) is 7.44. The summed E-state index contributed by atoms with van der Waals surface area (Å²) in [5.41, 5.74) is 0.424. The number of hydrogen-bond donors (Lipinski definition) is 7. The van der Waals surface area contributed by atoms with Crippen LogP contribution in [0.3, 0.4) is 0 Å². The number of hydrogen-bond acceptors (Lipinski definition) is 11. The molecule has 0 aliphatic carbocycles. The van der Waals surface area contributed by atoms with E-state index in [2.05, 4.69) is 0 Å². The van der Waals surface area contributed by atoms with Crippen molar-refractivity contribution in [1.29, 1.82) is 0 Å². The third-order valence-corrected chi connectivity index (χ3v) is 6.12. The van der Waals surface area contributed by atoms with Crippen LogP contribution in [0, 0.1) is 0 Å². The van der Waals surface area contributed by atoms with E-state index >= 15 is 0 Å². The van der Waals surface area contributed by atoms with Crippen molar-refractivity contribution in [3.63, 3.8) is 0 Å². The Bertz CT molecular complexity index is 1370. The van der Waals surface area contributed by atoms with Crippen LogP contribution in [0.25, 0.3) is 22.3 Å². The summed E-state index contributed by atoms with van der Waals surface area (Å²) >= 11 is 0. The van der Waals surface area contributed by atoms with Gasteiger partial charge in [0, 0.05) is 17.2 Å². The number of phenols is 2. The van der Waals surface area contributed by atoms with Crippen LogP contribution in [0.2, 0.25) is 0 Å². The van der Waals surface area contributed by atoms with Crippen molar-refractivity contribution >= 4 is 11.0 Å². The molecule has 198 valence electrons. The van der Waals surface area contributed by atoms with Gasteiger partial charge in [0.05, 0.1) is 6.61 Å². The number of ether oxygens (including phenoxy) is 2. The van der Waals surface area contributed by atoms with E-state index < -0.39 is 54.2 Å². The summed E-state index contributed by atoms with van der Waals surface area (Å²) in [5, 5.41) is 70.7. The smallest absolute Gasteiger partial charge is 0.238 e. The third kappa shape index (κ3) is 4.99. The quantitative estimate of drug-likeness (QED) is 0.234. The fraction of sp³-hybridized carbons (Fsp3) is 0.346. The lowest BCUT2D eigenvalue weighted by Gasteiger charge is -2.39. The summed E-state index contributed by atoms with van der Waals surface area (Å²) in [6, 6.07) is 6.65. The number of rotatable bonds is 6. The van der Waals surface area contributed by atoms with Crippen LogP contribution in [0.5, 0.6) is 23.0 Å². The average molecular weight is 516 g/mol. The monoisotopic (exact) mass is 516 g/mol. The Labute approximate surface area is 210 Å². The van der Waals surface area contributed by atoms with Crippen LogP contribution in [0.15, 0.2) is 51.2 Å². The first-order chi connectivity index (χ1) is 17.5. The van der Waals surface area contributed by atoms with E-state index in [0.29, 0.717) is 0 Å². The molecule has 2 heterocycles. The van der Waals surface area contributed by atoms with E-state index in [1.807, 2.05) is 13.8 Å². The number of fused-ring (bicyclic) bond motifs is 1. The van der Waals surface area contributed by atoms with Gasteiger partial charge in [-0.1, -0.05) is 11.6 Å². The van der Waals surface area contributed by atoms with Crippen LogP contribution in [0.1, 0.15) is 19.4 Å². The summed E-state index contributed by atoms with van der Waals surface area (Å²) < 4.78 is 17.2. The fourth-order valence-corrected chi connectivity index (χ4v) is 4.07. The van der Waals surface area contributed by atoms with E-state index in [4.69, 9.17) is 13.9 Å². The lowest BCUT2D eigenvalue weighted by atomic mass is 9.99. The van der Waals surface area contributed by atoms with E-state index in [1.54, 1.807) is 6.08 Å². The number of aliphatic hydroxyl groups is 4. The first-order valence-electron chi connectivity index (χ1n) is 11.5. The fourth-order valence-electron chi connectivity index (χ4n) is 4.07. The second kappa shape index (κ2) is 10.4. The highest BCUT2D eigenvalue weighted by atomic mass is 16.7. The lowest BCUT2D eigenvalue weighted by molar-refractivity contribution is -0.277. The SMILES string of the molecule is CC(C)=CCc1c(OC2OC(CO)C(O)C(O)C2O)cc(O)c2c(=O)c(O)c(-c3ccc(O)cc3)oc12. The maximum atomic E-state index is 13.1. The first kappa shape index (κ1) is 26.5. The lowest BCUT2D eigenvalue weighted by Crippen LogP contribution is -2.60. The molecule has 2 aromatic carbocycles. The van der Waals surface area contributed by atoms with Crippen molar-refractivity contribution in [2.75, 3.05) is 6.61 Å². The Balaban J connectivity index is 1.91. The molecule has 3 aromatic rings. The first-order valence-corrected chi connectivity index (χ1v) is 11.5. The predicted molar refractivity (Wildman–Crippen MR) is 130 cm³/mol. The minimum atomic E-state index is -1.72. The molecule has 0 saturated carbocycles. The highest BCUT2D eigenvalue weighted by Gasteiger charge is 2.45. The molecule has 0 bridgehead atoms. The minimum Gasteiger partial charge on any atom is -0.508 e. The second-order valence-corrected chi connectivity index (χ2v) is 9.03. The Morgan fingerprint density at radius 2 is 1.70 bits per heavy atom. The standard InChI is InChI=1S/C26H28O11/c1-11(2)3-8-14-16(35-26-23(34)21(32)19(30)17(10-27)36-26)9-15(29)18-20(31)22(33)24(37-25(14)18)12-4-6-13(28)7-5-12/h3-7,9,17,19,21,23,26-30,32-34H,8,10H2,1-2H3. The number of benzene rings is 2. The van der Waals surface area contributed by atoms with Gasteiger partial charge in [-0.15, -0.1) is 0 Å². The number of aliphatic hydroxyl groups excluding tert-OH is 4. The molecule has 11 heteroatoms. The van der Waals surface area contributed by atoms with E-state index in [9.17, 15) is 40.5 Å². The largest absolute Gasteiger partial charge is 0.508 e. The molecule has 37 heavy (non-hydrogen) atoms. The van der Waals surface area contributed by atoms with Gasteiger partial charge in [-0.25, -0.2) is 0 Å². The Hall–Kier alpha value is -3.61. The van der Waals surface area contributed by atoms with Gasteiger partial charge < -0.3 is 49.6 Å². The van der Waals surface area contributed by atoms with Crippen LogP contribution >= 0.6 is 0 Å². The molecule has 5 atom stereocenters. The van der Waals surface area contributed by atoms with Crippen molar-refractivity contribution in [3.8, 4) is 34.3 Å². The zero-order chi connectivity index (χ0) is 27.0. The van der Waals surface area contributed by atoms with Crippen molar-refractivity contribution in [1.82, 2.24) is 0 Å². The molecule has 7 N–H and O–H groups in total.